The fraction of sp³-hybridized carbons (Fsp3) is 0.500. The van der Waals surface area contributed by atoms with E-state index in [1.165, 1.54) is 0 Å². The third-order valence-electron chi connectivity index (χ3n) is 5.40. The normalized spacial score (nSPS) is 12.4. The summed E-state index contributed by atoms with van der Waals surface area (Å²) in [7, 11) is -0.755. The van der Waals surface area contributed by atoms with E-state index in [4.69, 9.17) is 15.3 Å². The highest BCUT2D eigenvalue weighted by Gasteiger charge is 2.28. The fourth-order valence-corrected chi connectivity index (χ4v) is 3.80. The van der Waals surface area contributed by atoms with E-state index in [0.29, 0.717) is 33.8 Å². The second-order valence-electron chi connectivity index (χ2n) is 11.5. The minimum Gasteiger partial charge on any atom is -0.423 e. The van der Waals surface area contributed by atoms with Crippen LogP contribution in [0.15, 0.2) is 18.6 Å². The molecule has 0 fully saturated rings. The summed E-state index contributed by atoms with van der Waals surface area (Å²) in [6, 6.07) is 6.71. The summed E-state index contributed by atoms with van der Waals surface area (Å²) in [6.07, 6.45) is 5.00. The molecule has 0 saturated carbocycles. The van der Waals surface area contributed by atoms with Gasteiger partial charge in [-0.15, -0.1) is 0 Å². The lowest BCUT2D eigenvalue weighted by atomic mass is 9.90. The van der Waals surface area contributed by atoms with Crippen LogP contribution in [0, 0.1) is 34.0 Å². The first-order valence-electron chi connectivity index (χ1n) is 11.1. The van der Waals surface area contributed by atoms with Crippen LogP contribution < -0.4 is 0 Å². The van der Waals surface area contributed by atoms with Crippen LogP contribution in [0.2, 0.25) is 0 Å². The largest absolute Gasteiger partial charge is 0.423 e. The van der Waals surface area contributed by atoms with E-state index in [1.807, 2.05) is 62.3 Å². The SMILES string of the molecule is CC(C)(C)c1nn([B-](n2cc(C#N)c(C(C)(C)C)n2)n2cc(C#N)c(C(C)(C)C)n2)cc1C#N. The van der Waals surface area contributed by atoms with E-state index >= 15 is 0 Å². The monoisotopic (exact) mass is 455 g/mol. The van der Waals surface area contributed by atoms with E-state index in [1.54, 1.807) is 32.4 Å². The summed E-state index contributed by atoms with van der Waals surface area (Å²) in [5, 5.41) is 43.6. The number of hydrogen-bond donors (Lipinski definition) is 0. The molecule has 0 amide bonds. The Bertz CT molecular complexity index is 1180. The van der Waals surface area contributed by atoms with Crippen molar-refractivity contribution >= 4 is 7.12 Å². The van der Waals surface area contributed by atoms with Crippen molar-refractivity contribution in [2.75, 3.05) is 0 Å². The van der Waals surface area contributed by atoms with Gasteiger partial charge in [0.1, 0.15) is 18.2 Å². The third-order valence-corrected chi connectivity index (χ3v) is 5.40. The molecule has 0 aliphatic rings. The molecule has 0 bridgehead atoms. The van der Waals surface area contributed by atoms with Crippen LogP contribution in [0.5, 0.6) is 0 Å². The number of nitrogens with zero attached hydrogens (tertiary/aromatic N) is 9. The summed E-state index contributed by atoms with van der Waals surface area (Å²) in [5.41, 5.74) is 2.19. The van der Waals surface area contributed by atoms with Gasteiger partial charge in [0.05, 0.1) is 33.8 Å². The van der Waals surface area contributed by atoms with Gasteiger partial charge in [-0.2, -0.15) is 15.8 Å². The Morgan fingerprint density at radius 2 is 0.794 bits per heavy atom. The van der Waals surface area contributed by atoms with E-state index in [9.17, 15) is 15.8 Å². The van der Waals surface area contributed by atoms with Crippen LogP contribution in [-0.4, -0.2) is 36.2 Å². The lowest BCUT2D eigenvalue weighted by molar-refractivity contribution is 0.550. The number of hydrogen-bond acceptors (Lipinski definition) is 6. The van der Waals surface area contributed by atoms with Gasteiger partial charge in [0.25, 0.3) is 7.12 Å². The highest BCUT2D eigenvalue weighted by atomic mass is 15.5. The molecular weight excluding hydrogens is 425 g/mol. The first kappa shape index (κ1) is 24.8. The molecule has 0 unspecified atom stereocenters. The second kappa shape index (κ2) is 8.19. The zero-order chi connectivity index (χ0) is 25.6. The summed E-state index contributed by atoms with van der Waals surface area (Å²) >= 11 is 0. The van der Waals surface area contributed by atoms with Gasteiger partial charge in [0.2, 0.25) is 0 Å². The average molecular weight is 455 g/mol. The molecule has 0 aliphatic carbocycles. The number of nitriles is 3. The maximum absolute atomic E-state index is 9.77. The minimum absolute atomic E-state index is 0.363. The Labute approximate surface area is 201 Å². The quantitative estimate of drug-likeness (QED) is 0.555. The van der Waals surface area contributed by atoms with Crippen molar-refractivity contribution < 1.29 is 0 Å². The van der Waals surface area contributed by atoms with Crippen molar-refractivity contribution in [3.63, 3.8) is 0 Å². The molecule has 3 heterocycles. The molecular formula is C24H30BN9-. The highest BCUT2D eigenvalue weighted by Crippen LogP contribution is 2.28. The molecule has 0 N–H and O–H groups in total. The molecule has 0 aliphatic heterocycles. The van der Waals surface area contributed by atoms with Crippen molar-refractivity contribution in [3.05, 3.63) is 52.4 Å². The minimum atomic E-state index is -0.755. The van der Waals surface area contributed by atoms with Gasteiger partial charge in [-0.1, -0.05) is 62.3 Å². The van der Waals surface area contributed by atoms with Gasteiger partial charge in [-0.05, 0) is 18.6 Å². The maximum atomic E-state index is 9.77. The molecule has 10 heteroatoms. The number of rotatable bonds is 3. The van der Waals surface area contributed by atoms with Crippen molar-refractivity contribution in [1.82, 2.24) is 29.1 Å². The van der Waals surface area contributed by atoms with Crippen LogP contribution in [0.3, 0.4) is 0 Å². The van der Waals surface area contributed by atoms with Crippen molar-refractivity contribution in [2.45, 2.75) is 78.6 Å². The van der Waals surface area contributed by atoms with Gasteiger partial charge in [-0.3, -0.25) is 0 Å². The Balaban J connectivity index is 2.35. The Morgan fingerprint density at radius 1 is 0.559 bits per heavy atom. The predicted molar refractivity (Wildman–Crippen MR) is 129 cm³/mol. The molecule has 3 aromatic rings. The van der Waals surface area contributed by atoms with Crippen LogP contribution in [0.1, 0.15) is 96.1 Å². The molecule has 175 valence electrons. The zero-order valence-corrected chi connectivity index (χ0v) is 21.3. The van der Waals surface area contributed by atoms with E-state index < -0.39 is 7.12 Å². The van der Waals surface area contributed by atoms with Crippen LogP contribution in [-0.2, 0) is 16.2 Å². The summed E-state index contributed by atoms with van der Waals surface area (Å²) < 4.78 is 4.88. The molecule has 0 saturated heterocycles. The highest BCUT2D eigenvalue weighted by molar-refractivity contribution is 6.52. The molecule has 0 aromatic carbocycles. The summed E-state index contributed by atoms with van der Waals surface area (Å²) in [4.78, 5) is 0. The van der Waals surface area contributed by atoms with Gasteiger partial charge >= 0.3 is 0 Å². The zero-order valence-electron chi connectivity index (χ0n) is 21.3. The summed E-state index contributed by atoms with van der Waals surface area (Å²) in [5.74, 6) is 0. The molecule has 3 rings (SSSR count). The van der Waals surface area contributed by atoms with E-state index in [2.05, 4.69) is 18.2 Å². The molecule has 34 heavy (non-hydrogen) atoms. The molecule has 1 radical (unpaired) electrons. The lowest BCUT2D eigenvalue weighted by Gasteiger charge is -2.30. The van der Waals surface area contributed by atoms with Crippen molar-refractivity contribution in [3.8, 4) is 18.2 Å². The summed E-state index contributed by atoms with van der Waals surface area (Å²) in [6.45, 7) is 17.9. The van der Waals surface area contributed by atoms with Crippen LogP contribution in [0.4, 0.5) is 0 Å². The van der Waals surface area contributed by atoms with Gasteiger partial charge in [0.15, 0.2) is 0 Å². The van der Waals surface area contributed by atoms with Crippen LogP contribution in [0.25, 0.3) is 0 Å². The van der Waals surface area contributed by atoms with Gasteiger partial charge < -0.3 is 13.8 Å². The Hall–Kier alpha value is -3.84. The topological polar surface area (TPSA) is 125 Å². The molecule has 9 nitrogen and oxygen atoms in total. The van der Waals surface area contributed by atoms with Gasteiger partial charge in [-0.25, -0.2) is 15.3 Å². The molecule has 0 spiro atoms. The molecule has 3 aromatic heterocycles. The van der Waals surface area contributed by atoms with Crippen molar-refractivity contribution in [2.24, 2.45) is 0 Å². The first-order chi connectivity index (χ1) is 15.6. The van der Waals surface area contributed by atoms with E-state index in [-0.39, 0.29) is 16.2 Å². The standard InChI is InChI=1S/C24H30BN9/c1-22(2,3)19-16(10-26)13-32(29-19)25(33-14-17(11-27)20(30-33)23(4,5)6)34-15-18(12-28)21(31-34)24(7,8)9/h13-15H,1-9H3/q-1. The third kappa shape index (κ3) is 4.47. The molecule has 0 atom stereocenters. The smallest absolute Gasteiger partial charge is 0.260 e. The van der Waals surface area contributed by atoms with E-state index in [0.717, 1.165) is 0 Å². The fourth-order valence-electron chi connectivity index (χ4n) is 3.80. The van der Waals surface area contributed by atoms with Crippen LogP contribution >= 0.6 is 0 Å². The lowest BCUT2D eigenvalue weighted by Crippen LogP contribution is -2.43. The average Bonchev–Trinajstić information content (AvgIpc) is 3.43. The van der Waals surface area contributed by atoms with Crippen molar-refractivity contribution in [1.29, 1.82) is 15.8 Å². The van der Waals surface area contributed by atoms with Gasteiger partial charge in [0, 0.05) is 16.2 Å². The Morgan fingerprint density at radius 3 is 0.941 bits per heavy atom. The Kier molecular flexibility index (Phi) is 5.97. The second-order valence-corrected chi connectivity index (χ2v) is 11.5. The predicted octanol–water partition coefficient (Wildman–Crippen LogP) is 3.71. The first-order valence-corrected chi connectivity index (χ1v) is 11.1. The number of aromatic nitrogens is 6. The maximum Gasteiger partial charge on any atom is 0.260 e.